The summed E-state index contributed by atoms with van der Waals surface area (Å²) in [5.41, 5.74) is 9.61. The van der Waals surface area contributed by atoms with E-state index in [-0.39, 0.29) is 18.1 Å². The van der Waals surface area contributed by atoms with Crippen LogP contribution in [0, 0.1) is 11.6 Å². The first-order valence-corrected chi connectivity index (χ1v) is 8.42. The molecule has 5 nitrogen and oxygen atoms in total. The number of hydrogen-bond donors (Lipinski definition) is 1. The Bertz CT molecular complexity index is 1020. The number of nitrogens with zero attached hydrogens (tertiary/aromatic N) is 3. The van der Waals surface area contributed by atoms with E-state index in [1.165, 1.54) is 18.2 Å². The number of rotatable bonds is 3. The average Bonchev–Trinajstić information content (AvgIpc) is 3.07. The molecule has 3 heterocycles. The van der Waals surface area contributed by atoms with Crippen LogP contribution in [-0.4, -0.2) is 20.8 Å². The van der Waals surface area contributed by atoms with E-state index in [1.54, 1.807) is 29.2 Å². The molecule has 0 spiro atoms. The second kappa shape index (κ2) is 6.75. The highest BCUT2D eigenvalue weighted by Crippen LogP contribution is 2.24. The quantitative estimate of drug-likeness (QED) is 0.773. The van der Waals surface area contributed by atoms with Crippen LogP contribution in [0.2, 0.25) is 0 Å². The van der Waals surface area contributed by atoms with Crippen molar-refractivity contribution in [3.05, 3.63) is 77.2 Å². The molecule has 3 aromatic rings. The number of fused-ring (bicyclic) bond motifs is 1. The fourth-order valence-corrected chi connectivity index (χ4v) is 3.10. The van der Waals surface area contributed by atoms with Crippen LogP contribution in [0.5, 0.6) is 0 Å². The van der Waals surface area contributed by atoms with Gasteiger partial charge in [-0.1, -0.05) is 0 Å². The van der Waals surface area contributed by atoms with E-state index in [1.807, 2.05) is 0 Å². The van der Waals surface area contributed by atoms with Crippen molar-refractivity contribution in [1.29, 1.82) is 0 Å². The zero-order valence-corrected chi connectivity index (χ0v) is 14.3. The molecule has 0 atom stereocenters. The van der Waals surface area contributed by atoms with Crippen molar-refractivity contribution >= 4 is 11.6 Å². The minimum atomic E-state index is -0.416. The maximum absolute atomic E-state index is 13.3. The van der Waals surface area contributed by atoms with Crippen LogP contribution >= 0.6 is 0 Å². The topological polar surface area (TPSA) is 72.1 Å². The van der Waals surface area contributed by atoms with Gasteiger partial charge in [0.1, 0.15) is 11.6 Å². The SMILES string of the molecule is Nc1ccc(-c2ccc(F)cc2)nc1CC(=O)N1Cc2cc(F)cnc2C1. The summed E-state index contributed by atoms with van der Waals surface area (Å²) >= 11 is 0. The number of pyridine rings is 2. The van der Waals surface area contributed by atoms with Gasteiger partial charge in [-0.3, -0.25) is 14.8 Å². The number of anilines is 1. The van der Waals surface area contributed by atoms with Crippen LogP contribution in [0.25, 0.3) is 11.3 Å². The summed E-state index contributed by atoms with van der Waals surface area (Å²) in [7, 11) is 0. The molecular weight excluding hydrogens is 350 g/mol. The lowest BCUT2D eigenvalue weighted by Gasteiger charge is -2.16. The van der Waals surface area contributed by atoms with Crippen molar-refractivity contribution < 1.29 is 13.6 Å². The number of aromatic nitrogens is 2. The largest absolute Gasteiger partial charge is 0.397 e. The van der Waals surface area contributed by atoms with E-state index in [0.29, 0.717) is 41.4 Å². The van der Waals surface area contributed by atoms with Gasteiger partial charge in [-0.05, 0) is 48.0 Å². The first kappa shape index (κ1) is 17.1. The van der Waals surface area contributed by atoms with Gasteiger partial charge in [-0.25, -0.2) is 8.78 Å². The molecule has 4 rings (SSSR count). The first-order chi connectivity index (χ1) is 13.0. The molecule has 2 aromatic heterocycles. The van der Waals surface area contributed by atoms with Crippen molar-refractivity contribution in [3.63, 3.8) is 0 Å². The molecule has 7 heteroatoms. The number of nitrogens with two attached hydrogens (primary N) is 1. The van der Waals surface area contributed by atoms with Crippen LogP contribution in [0.15, 0.2) is 48.7 Å². The molecule has 27 heavy (non-hydrogen) atoms. The molecule has 1 amide bonds. The Morgan fingerprint density at radius 3 is 2.63 bits per heavy atom. The van der Waals surface area contributed by atoms with Gasteiger partial charge in [-0.2, -0.15) is 0 Å². The maximum Gasteiger partial charge on any atom is 0.229 e. The predicted octanol–water partition coefficient (Wildman–Crippen LogP) is 3.09. The summed E-state index contributed by atoms with van der Waals surface area (Å²) in [6.45, 7) is 0.655. The average molecular weight is 366 g/mol. The summed E-state index contributed by atoms with van der Waals surface area (Å²) in [6.07, 6.45) is 1.18. The first-order valence-electron chi connectivity index (χ1n) is 8.42. The highest BCUT2D eigenvalue weighted by atomic mass is 19.1. The molecular formula is C20H16F2N4O. The molecule has 1 aliphatic rings. The molecule has 1 aliphatic heterocycles. The zero-order valence-electron chi connectivity index (χ0n) is 14.3. The summed E-state index contributed by atoms with van der Waals surface area (Å²) in [5, 5.41) is 0. The lowest BCUT2D eigenvalue weighted by atomic mass is 10.1. The molecule has 136 valence electrons. The highest BCUT2D eigenvalue weighted by Gasteiger charge is 2.25. The number of carbonyl (C=O) groups is 1. The molecule has 0 bridgehead atoms. The fourth-order valence-electron chi connectivity index (χ4n) is 3.10. The second-order valence-corrected chi connectivity index (χ2v) is 6.43. The molecule has 2 N–H and O–H groups in total. The maximum atomic E-state index is 13.3. The van der Waals surface area contributed by atoms with Crippen LogP contribution in [0.3, 0.4) is 0 Å². The second-order valence-electron chi connectivity index (χ2n) is 6.43. The van der Waals surface area contributed by atoms with Gasteiger partial charge in [0.05, 0.1) is 41.9 Å². The third-order valence-electron chi connectivity index (χ3n) is 4.55. The summed E-state index contributed by atoms with van der Waals surface area (Å²) in [5.74, 6) is -0.909. The molecule has 0 aliphatic carbocycles. The summed E-state index contributed by atoms with van der Waals surface area (Å²) < 4.78 is 26.4. The van der Waals surface area contributed by atoms with Gasteiger partial charge >= 0.3 is 0 Å². The lowest BCUT2D eigenvalue weighted by molar-refractivity contribution is -0.131. The van der Waals surface area contributed by atoms with Gasteiger partial charge in [0.15, 0.2) is 0 Å². The normalized spacial score (nSPS) is 12.9. The smallest absolute Gasteiger partial charge is 0.229 e. The lowest BCUT2D eigenvalue weighted by Crippen LogP contribution is -2.27. The van der Waals surface area contributed by atoms with Crippen LogP contribution in [0.1, 0.15) is 17.0 Å². The molecule has 0 saturated carbocycles. The number of hydrogen-bond acceptors (Lipinski definition) is 4. The van der Waals surface area contributed by atoms with E-state index in [4.69, 9.17) is 5.73 Å². The Morgan fingerprint density at radius 2 is 1.85 bits per heavy atom. The number of amides is 1. The van der Waals surface area contributed by atoms with Gasteiger partial charge in [0.25, 0.3) is 0 Å². The van der Waals surface area contributed by atoms with E-state index >= 15 is 0 Å². The van der Waals surface area contributed by atoms with Crippen molar-refractivity contribution in [2.75, 3.05) is 5.73 Å². The van der Waals surface area contributed by atoms with Crippen LogP contribution in [0.4, 0.5) is 14.5 Å². The van der Waals surface area contributed by atoms with Gasteiger partial charge in [0.2, 0.25) is 5.91 Å². The van der Waals surface area contributed by atoms with Gasteiger partial charge < -0.3 is 10.6 Å². The number of halogens is 2. The monoisotopic (exact) mass is 366 g/mol. The van der Waals surface area contributed by atoms with E-state index < -0.39 is 5.82 Å². The standard InChI is InChI=1S/C20H16F2N4O/c21-14-3-1-12(2-4-14)17-6-5-16(23)18(25-17)8-20(27)26-10-13-7-15(22)9-24-19(13)11-26/h1-7,9H,8,10-11,23H2. The van der Waals surface area contributed by atoms with E-state index in [2.05, 4.69) is 9.97 Å². The summed E-state index contributed by atoms with van der Waals surface area (Å²) in [4.78, 5) is 22.8. The Morgan fingerprint density at radius 1 is 1.07 bits per heavy atom. The number of benzene rings is 1. The zero-order chi connectivity index (χ0) is 19.0. The minimum absolute atomic E-state index is 0.0251. The van der Waals surface area contributed by atoms with Crippen molar-refractivity contribution in [1.82, 2.24) is 14.9 Å². The fraction of sp³-hybridized carbons (Fsp3) is 0.150. The predicted molar refractivity (Wildman–Crippen MR) is 96.2 cm³/mol. The highest BCUT2D eigenvalue weighted by molar-refractivity contribution is 5.80. The molecule has 0 fully saturated rings. The Hall–Kier alpha value is -3.35. The van der Waals surface area contributed by atoms with Crippen LogP contribution in [-0.2, 0) is 24.3 Å². The number of nitrogen functional groups attached to an aromatic ring is 1. The van der Waals surface area contributed by atoms with E-state index in [0.717, 1.165) is 11.8 Å². The Balaban J connectivity index is 1.53. The van der Waals surface area contributed by atoms with Gasteiger partial charge in [-0.15, -0.1) is 0 Å². The van der Waals surface area contributed by atoms with Gasteiger partial charge in [0, 0.05) is 12.1 Å². The van der Waals surface area contributed by atoms with Crippen molar-refractivity contribution in [2.45, 2.75) is 19.5 Å². The minimum Gasteiger partial charge on any atom is -0.397 e. The molecule has 1 aromatic carbocycles. The third kappa shape index (κ3) is 3.48. The molecule has 0 saturated heterocycles. The third-order valence-corrected chi connectivity index (χ3v) is 4.55. The van der Waals surface area contributed by atoms with Crippen molar-refractivity contribution in [3.8, 4) is 11.3 Å². The summed E-state index contributed by atoms with van der Waals surface area (Å²) in [6, 6.07) is 10.8. The van der Waals surface area contributed by atoms with Crippen LogP contribution < -0.4 is 5.73 Å². The Labute approximate surface area is 154 Å². The Kier molecular flexibility index (Phi) is 4.27. The molecule has 0 unspecified atom stereocenters. The van der Waals surface area contributed by atoms with Crippen molar-refractivity contribution in [2.24, 2.45) is 0 Å². The molecule has 0 radical (unpaired) electrons. The van der Waals surface area contributed by atoms with E-state index in [9.17, 15) is 13.6 Å². The number of carbonyl (C=O) groups excluding carboxylic acids is 1.